The zero-order valence-corrected chi connectivity index (χ0v) is 14.6. The molecule has 0 bridgehead atoms. The monoisotopic (exact) mass is 349 g/mol. The van der Waals surface area contributed by atoms with Crippen molar-refractivity contribution in [1.82, 2.24) is 4.98 Å². The largest absolute Gasteiger partial charge is 0.483 e. The van der Waals surface area contributed by atoms with E-state index in [0.29, 0.717) is 11.6 Å². The van der Waals surface area contributed by atoms with Gasteiger partial charge in [-0.15, -0.1) is 0 Å². The second-order valence-corrected chi connectivity index (χ2v) is 5.56. The van der Waals surface area contributed by atoms with Crippen molar-refractivity contribution in [3.8, 4) is 17.0 Å². The van der Waals surface area contributed by atoms with Gasteiger partial charge >= 0.3 is 5.97 Å². The zero-order chi connectivity index (χ0) is 18.4. The first-order valence-electron chi connectivity index (χ1n) is 8.17. The smallest absolute Gasteiger partial charge is 0.330 e. The highest BCUT2D eigenvalue weighted by Crippen LogP contribution is 2.25. The molecule has 0 saturated heterocycles. The van der Waals surface area contributed by atoms with Gasteiger partial charge in [-0.25, -0.2) is 9.78 Å². The summed E-state index contributed by atoms with van der Waals surface area (Å²) in [6.45, 7) is 2.07. The van der Waals surface area contributed by atoms with Gasteiger partial charge in [-0.3, -0.25) is 0 Å². The highest BCUT2D eigenvalue weighted by Gasteiger charge is 2.12. The van der Waals surface area contributed by atoms with Crippen LogP contribution in [0.25, 0.3) is 17.3 Å². The van der Waals surface area contributed by atoms with Crippen LogP contribution in [0.1, 0.15) is 17.2 Å². The number of carbonyl (C=O) groups is 1. The quantitative estimate of drug-likeness (QED) is 0.487. The summed E-state index contributed by atoms with van der Waals surface area (Å²) in [4.78, 5) is 15.8. The number of methoxy groups -OCH3 is 1. The maximum absolute atomic E-state index is 11.3. The van der Waals surface area contributed by atoms with Crippen LogP contribution in [-0.2, 0) is 16.1 Å². The van der Waals surface area contributed by atoms with Gasteiger partial charge < -0.3 is 13.9 Å². The predicted octanol–water partition coefficient (Wildman–Crippen LogP) is 4.42. The van der Waals surface area contributed by atoms with Gasteiger partial charge in [0.2, 0.25) is 5.89 Å². The first-order valence-corrected chi connectivity index (χ1v) is 8.17. The summed E-state index contributed by atoms with van der Waals surface area (Å²) in [6.07, 6.45) is 3.00. The second kappa shape index (κ2) is 8.16. The Hall–Kier alpha value is -3.34. The molecule has 5 nitrogen and oxygen atoms in total. The SMILES string of the molecule is COC(=O)C=Cc1ccccc1OCc1nc(-c2ccccc2)c(C)o1. The number of benzene rings is 2. The highest BCUT2D eigenvalue weighted by atomic mass is 16.5. The molecule has 0 unspecified atom stereocenters. The van der Waals surface area contributed by atoms with Gasteiger partial charge in [0, 0.05) is 17.2 Å². The Labute approximate surface area is 151 Å². The van der Waals surface area contributed by atoms with Gasteiger partial charge in [-0.2, -0.15) is 0 Å². The van der Waals surface area contributed by atoms with E-state index < -0.39 is 5.97 Å². The van der Waals surface area contributed by atoms with Gasteiger partial charge in [0.05, 0.1) is 7.11 Å². The van der Waals surface area contributed by atoms with Crippen LogP contribution in [-0.4, -0.2) is 18.1 Å². The van der Waals surface area contributed by atoms with Crippen molar-refractivity contribution in [3.05, 3.63) is 77.9 Å². The summed E-state index contributed by atoms with van der Waals surface area (Å²) in [5.74, 6) is 1.45. The Morgan fingerprint density at radius 1 is 1.12 bits per heavy atom. The standard InChI is InChI=1S/C21H19NO4/c1-15-21(17-9-4-3-5-10-17)22-19(26-15)14-25-18-11-7-6-8-16(18)12-13-20(23)24-2/h3-13H,14H2,1-2H3. The average molecular weight is 349 g/mol. The molecule has 0 spiro atoms. The number of aromatic nitrogens is 1. The van der Waals surface area contributed by atoms with Crippen molar-refractivity contribution in [2.45, 2.75) is 13.5 Å². The van der Waals surface area contributed by atoms with Crippen molar-refractivity contribution in [2.75, 3.05) is 7.11 Å². The Bertz CT molecular complexity index is 913. The van der Waals surface area contributed by atoms with Crippen LogP contribution < -0.4 is 4.74 Å². The van der Waals surface area contributed by atoms with Crippen molar-refractivity contribution in [3.63, 3.8) is 0 Å². The summed E-state index contributed by atoms with van der Waals surface area (Å²) in [5.41, 5.74) is 2.58. The first kappa shape index (κ1) is 17.5. The topological polar surface area (TPSA) is 61.6 Å². The van der Waals surface area contributed by atoms with Crippen LogP contribution in [0.5, 0.6) is 5.75 Å². The summed E-state index contributed by atoms with van der Waals surface area (Å²) in [6, 6.07) is 17.3. The molecule has 0 aliphatic rings. The number of hydrogen-bond donors (Lipinski definition) is 0. The predicted molar refractivity (Wildman–Crippen MR) is 98.5 cm³/mol. The summed E-state index contributed by atoms with van der Waals surface area (Å²) in [7, 11) is 1.34. The number of rotatable bonds is 6. The van der Waals surface area contributed by atoms with Crippen LogP contribution >= 0.6 is 0 Å². The fourth-order valence-corrected chi connectivity index (χ4v) is 2.49. The van der Waals surface area contributed by atoms with E-state index in [-0.39, 0.29) is 6.61 Å². The lowest BCUT2D eigenvalue weighted by molar-refractivity contribution is -0.134. The number of carbonyl (C=O) groups excluding carboxylic acids is 1. The molecule has 0 fully saturated rings. The van der Waals surface area contributed by atoms with E-state index in [9.17, 15) is 4.79 Å². The van der Waals surface area contributed by atoms with Gasteiger partial charge in [0.1, 0.15) is 17.2 Å². The zero-order valence-electron chi connectivity index (χ0n) is 14.6. The second-order valence-electron chi connectivity index (χ2n) is 5.56. The number of hydrogen-bond acceptors (Lipinski definition) is 5. The van der Waals surface area contributed by atoms with Crippen LogP contribution in [0.15, 0.2) is 65.1 Å². The molecule has 26 heavy (non-hydrogen) atoms. The molecule has 132 valence electrons. The molecule has 5 heteroatoms. The van der Waals surface area contributed by atoms with E-state index in [1.165, 1.54) is 13.2 Å². The lowest BCUT2D eigenvalue weighted by Gasteiger charge is -2.07. The van der Waals surface area contributed by atoms with Crippen molar-refractivity contribution < 1.29 is 18.7 Å². The molecular formula is C21H19NO4. The number of ether oxygens (including phenoxy) is 2. The molecule has 0 aliphatic heterocycles. The highest BCUT2D eigenvalue weighted by molar-refractivity contribution is 5.87. The fourth-order valence-electron chi connectivity index (χ4n) is 2.49. The van der Waals surface area contributed by atoms with E-state index in [4.69, 9.17) is 9.15 Å². The fraction of sp³-hybridized carbons (Fsp3) is 0.143. The maximum atomic E-state index is 11.3. The summed E-state index contributed by atoms with van der Waals surface area (Å²) < 4.78 is 16.2. The van der Waals surface area contributed by atoms with E-state index in [1.54, 1.807) is 6.08 Å². The lowest BCUT2D eigenvalue weighted by atomic mass is 10.1. The van der Waals surface area contributed by atoms with Crippen molar-refractivity contribution in [2.24, 2.45) is 0 Å². The number of nitrogens with zero attached hydrogens (tertiary/aromatic N) is 1. The molecule has 3 rings (SSSR count). The summed E-state index contributed by atoms with van der Waals surface area (Å²) in [5, 5.41) is 0. The van der Waals surface area contributed by atoms with Gasteiger partial charge in [-0.1, -0.05) is 48.5 Å². The lowest BCUT2D eigenvalue weighted by Crippen LogP contribution is -1.98. The van der Waals surface area contributed by atoms with Crippen LogP contribution in [0.3, 0.4) is 0 Å². The molecule has 0 atom stereocenters. The Morgan fingerprint density at radius 3 is 2.62 bits per heavy atom. The molecule has 0 saturated carbocycles. The Morgan fingerprint density at radius 2 is 1.85 bits per heavy atom. The Balaban J connectivity index is 1.74. The van der Waals surface area contributed by atoms with Gasteiger partial charge in [-0.05, 0) is 19.1 Å². The molecule has 1 aromatic heterocycles. The van der Waals surface area contributed by atoms with E-state index in [0.717, 1.165) is 22.6 Å². The molecular weight excluding hydrogens is 330 g/mol. The number of para-hydroxylation sites is 1. The third-order valence-corrected chi connectivity index (χ3v) is 3.76. The van der Waals surface area contributed by atoms with Crippen molar-refractivity contribution in [1.29, 1.82) is 0 Å². The minimum Gasteiger partial charge on any atom is -0.483 e. The third kappa shape index (κ3) is 4.19. The van der Waals surface area contributed by atoms with Gasteiger partial charge in [0.25, 0.3) is 0 Å². The third-order valence-electron chi connectivity index (χ3n) is 3.76. The van der Waals surface area contributed by atoms with E-state index >= 15 is 0 Å². The molecule has 0 radical (unpaired) electrons. The average Bonchev–Trinajstić information content (AvgIpc) is 3.06. The minimum absolute atomic E-state index is 0.191. The molecule has 0 amide bonds. The van der Waals surface area contributed by atoms with Crippen LogP contribution in [0.4, 0.5) is 0 Å². The number of oxazole rings is 1. The maximum Gasteiger partial charge on any atom is 0.330 e. The molecule has 0 aliphatic carbocycles. The Kier molecular flexibility index (Phi) is 5.49. The van der Waals surface area contributed by atoms with Crippen molar-refractivity contribution >= 4 is 12.0 Å². The van der Waals surface area contributed by atoms with E-state index in [1.807, 2.05) is 61.5 Å². The van der Waals surface area contributed by atoms with E-state index in [2.05, 4.69) is 9.72 Å². The number of aryl methyl sites for hydroxylation is 1. The molecule has 0 N–H and O–H groups in total. The van der Waals surface area contributed by atoms with Crippen LogP contribution in [0.2, 0.25) is 0 Å². The normalized spacial score (nSPS) is 10.8. The summed E-state index contributed by atoms with van der Waals surface area (Å²) >= 11 is 0. The molecule has 3 aromatic rings. The molecule has 1 heterocycles. The minimum atomic E-state index is -0.421. The van der Waals surface area contributed by atoms with Crippen LogP contribution in [0, 0.1) is 6.92 Å². The number of esters is 1. The first-order chi connectivity index (χ1) is 12.7. The van der Waals surface area contributed by atoms with Gasteiger partial charge in [0.15, 0.2) is 6.61 Å². The molecule has 2 aromatic carbocycles.